The number of nitrogens with one attached hydrogen (secondary N) is 1. The summed E-state index contributed by atoms with van der Waals surface area (Å²) >= 11 is 0. The van der Waals surface area contributed by atoms with E-state index in [0.29, 0.717) is 11.5 Å². The van der Waals surface area contributed by atoms with Gasteiger partial charge in [-0.25, -0.2) is 5.21 Å². The predicted molar refractivity (Wildman–Crippen MR) is 97.7 cm³/mol. The van der Waals surface area contributed by atoms with E-state index in [1.54, 1.807) is 12.1 Å². The summed E-state index contributed by atoms with van der Waals surface area (Å²) < 4.78 is 0. The minimum absolute atomic E-state index is 0.0471. The third-order valence-corrected chi connectivity index (χ3v) is 7.22. The molecule has 1 aromatic rings. The number of Topliss-reactive ketones (excluding diaryl/α,β-unsaturated/α-hetero) is 1. The average molecular weight is 359 g/mol. The molecule has 4 aliphatic heterocycles. The topological polar surface area (TPSA) is 71.3 Å². The third kappa shape index (κ3) is 2.20. The van der Waals surface area contributed by atoms with Gasteiger partial charge in [-0.3, -0.25) is 14.6 Å². The zero-order chi connectivity index (χ0) is 18.9. The molecule has 0 aromatic heterocycles. The molecule has 0 radical (unpaired) electrons. The van der Waals surface area contributed by atoms with E-state index in [9.17, 15) is 15.2 Å². The standard InChI is InChI=1S/C20H29N3O3/c1-13(2)19-9-21-11-20(14(3)4,18(19)24)12-22(10-19)17(21)15-7-5-6-8-16(15)23(25)26/h5-8,13-14,17,23,25H,9-12H2,1-4H3. The van der Waals surface area contributed by atoms with Crippen molar-refractivity contribution in [3.63, 3.8) is 0 Å². The Kier molecular flexibility index (Phi) is 4.06. The maximum atomic E-state index is 13.6. The van der Waals surface area contributed by atoms with Gasteiger partial charge in [-0.15, -0.1) is 0 Å². The molecule has 4 fully saturated rings. The van der Waals surface area contributed by atoms with E-state index < -0.39 is 5.23 Å². The Balaban J connectivity index is 1.81. The first-order valence-electron chi connectivity index (χ1n) is 9.58. The van der Waals surface area contributed by atoms with E-state index in [1.165, 1.54) is 0 Å². The van der Waals surface area contributed by atoms with Gasteiger partial charge in [0.2, 0.25) is 0 Å². The number of carbonyl (C=O) groups is 1. The molecule has 0 amide bonds. The van der Waals surface area contributed by atoms with Gasteiger partial charge in [-0.1, -0.05) is 39.8 Å². The highest BCUT2D eigenvalue weighted by Gasteiger charge is 2.67. The number of hydrogen-bond donors (Lipinski definition) is 2. The first kappa shape index (κ1) is 18.1. The van der Waals surface area contributed by atoms with Crippen LogP contribution in [0.15, 0.2) is 24.3 Å². The van der Waals surface area contributed by atoms with E-state index >= 15 is 0 Å². The van der Waals surface area contributed by atoms with Crippen LogP contribution in [0.3, 0.4) is 0 Å². The first-order chi connectivity index (χ1) is 12.2. The second kappa shape index (κ2) is 5.84. The molecule has 26 heavy (non-hydrogen) atoms. The van der Waals surface area contributed by atoms with Crippen molar-refractivity contribution in [2.45, 2.75) is 33.9 Å². The van der Waals surface area contributed by atoms with Crippen LogP contribution in [-0.2, 0) is 4.79 Å². The SMILES string of the molecule is CC(C)C12CN3CC(C(C)C)(CN(C1)C3c1ccccc1[NH+]([O-])O)C2=O. The molecule has 142 valence electrons. The van der Waals surface area contributed by atoms with Crippen molar-refractivity contribution in [1.82, 2.24) is 9.80 Å². The van der Waals surface area contributed by atoms with Crippen molar-refractivity contribution in [3.05, 3.63) is 35.0 Å². The number of hydrogen-bond acceptors (Lipinski definition) is 5. The molecule has 0 saturated carbocycles. The monoisotopic (exact) mass is 359 g/mol. The summed E-state index contributed by atoms with van der Waals surface area (Å²) in [5.74, 6) is 0.983. The van der Waals surface area contributed by atoms with Gasteiger partial charge in [0.1, 0.15) is 0 Å². The molecular formula is C20H29N3O3. The summed E-state index contributed by atoms with van der Waals surface area (Å²) in [5.41, 5.74) is 0.544. The second-order valence-electron chi connectivity index (χ2n) is 9.03. The van der Waals surface area contributed by atoms with Crippen LogP contribution >= 0.6 is 0 Å². The van der Waals surface area contributed by atoms with Gasteiger partial charge < -0.3 is 5.21 Å². The molecule has 1 atom stereocenters. The molecule has 1 aromatic carbocycles. The fourth-order valence-corrected chi connectivity index (χ4v) is 5.59. The third-order valence-electron chi connectivity index (χ3n) is 7.22. The Morgan fingerprint density at radius 2 is 1.50 bits per heavy atom. The van der Waals surface area contributed by atoms with Gasteiger partial charge in [0.05, 0.1) is 17.0 Å². The molecule has 4 aliphatic rings. The van der Waals surface area contributed by atoms with Gasteiger partial charge in [-0.2, -0.15) is 5.23 Å². The first-order valence-corrected chi connectivity index (χ1v) is 9.58. The van der Waals surface area contributed by atoms with Crippen LogP contribution in [-0.4, -0.2) is 47.0 Å². The number of para-hydroxylation sites is 1. The van der Waals surface area contributed by atoms with E-state index in [1.807, 2.05) is 12.1 Å². The van der Waals surface area contributed by atoms with Crippen LogP contribution in [0.2, 0.25) is 0 Å². The van der Waals surface area contributed by atoms with Crippen LogP contribution in [0.4, 0.5) is 5.69 Å². The van der Waals surface area contributed by atoms with Crippen LogP contribution < -0.4 is 5.23 Å². The lowest BCUT2D eigenvalue weighted by Gasteiger charge is -2.68. The van der Waals surface area contributed by atoms with E-state index in [0.717, 1.165) is 31.7 Å². The Labute approximate surface area is 154 Å². The van der Waals surface area contributed by atoms with Crippen LogP contribution in [0.25, 0.3) is 0 Å². The summed E-state index contributed by atoms with van der Waals surface area (Å²) in [7, 11) is 0. The van der Waals surface area contributed by atoms with Crippen LogP contribution in [0.5, 0.6) is 0 Å². The summed E-state index contributed by atoms with van der Waals surface area (Å²) in [6.45, 7) is 11.5. The van der Waals surface area contributed by atoms with Gasteiger partial charge in [-0.05, 0) is 17.9 Å². The van der Waals surface area contributed by atoms with Gasteiger partial charge >= 0.3 is 0 Å². The van der Waals surface area contributed by atoms with Gasteiger partial charge in [0, 0.05) is 37.8 Å². The van der Waals surface area contributed by atoms with Crippen molar-refractivity contribution in [2.75, 3.05) is 26.2 Å². The number of piperidine rings is 2. The van der Waals surface area contributed by atoms with Gasteiger partial charge in [0.25, 0.3) is 0 Å². The van der Waals surface area contributed by atoms with Gasteiger partial charge in [0.15, 0.2) is 11.5 Å². The highest BCUT2D eigenvalue weighted by molar-refractivity contribution is 5.94. The fraction of sp³-hybridized carbons (Fsp3) is 0.650. The Morgan fingerprint density at radius 1 is 1.04 bits per heavy atom. The number of nitrogens with zero attached hydrogens (tertiary/aromatic N) is 2. The van der Waals surface area contributed by atoms with Crippen molar-refractivity contribution in [1.29, 1.82) is 0 Å². The maximum absolute atomic E-state index is 13.6. The smallest absolute Gasteiger partial charge is 0.169 e. The highest BCUT2D eigenvalue weighted by Crippen LogP contribution is 2.57. The number of ketones is 1. The van der Waals surface area contributed by atoms with Crippen LogP contribution in [0.1, 0.15) is 39.4 Å². The quantitative estimate of drug-likeness (QED) is 0.799. The molecule has 0 spiro atoms. The lowest BCUT2D eigenvalue weighted by Crippen LogP contribution is -2.99. The van der Waals surface area contributed by atoms with Crippen molar-refractivity contribution in [3.8, 4) is 0 Å². The van der Waals surface area contributed by atoms with Crippen molar-refractivity contribution < 1.29 is 15.2 Å². The number of carbonyl (C=O) groups excluding carboxylic acids is 1. The molecule has 4 saturated heterocycles. The Morgan fingerprint density at radius 3 is 1.92 bits per heavy atom. The number of benzene rings is 1. The minimum atomic E-state index is -0.884. The van der Waals surface area contributed by atoms with E-state index in [2.05, 4.69) is 37.5 Å². The Hall–Kier alpha value is -1.31. The zero-order valence-electron chi connectivity index (χ0n) is 16.0. The zero-order valence-corrected chi connectivity index (χ0v) is 16.0. The molecule has 6 heteroatoms. The molecule has 4 bridgehead atoms. The predicted octanol–water partition coefficient (Wildman–Crippen LogP) is 1.59. The average Bonchev–Trinajstić information content (AvgIpc) is 2.58. The summed E-state index contributed by atoms with van der Waals surface area (Å²) in [4.78, 5) is 18.3. The minimum Gasteiger partial charge on any atom is -0.595 e. The summed E-state index contributed by atoms with van der Waals surface area (Å²) in [6, 6.07) is 7.31. The lowest BCUT2D eigenvalue weighted by atomic mass is 9.53. The normalized spacial score (nSPS) is 39.8. The fourth-order valence-electron chi connectivity index (χ4n) is 5.59. The molecule has 1 unspecified atom stereocenters. The Bertz CT molecular complexity index is 685. The van der Waals surface area contributed by atoms with Crippen molar-refractivity contribution >= 4 is 11.5 Å². The lowest BCUT2D eigenvalue weighted by molar-refractivity contribution is -0.991. The largest absolute Gasteiger partial charge is 0.595 e. The molecule has 4 heterocycles. The molecule has 0 aliphatic carbocycles. The summed E-state index contributed by atoms with van der Waals surface area (Å²) in [6.07, 6.45) is -0.0471. The maximum Gasteiger partial charge on any atom is 0.169 e. The molecule has 6 nitrogen and oxygen atoms in total. The molecule has 5 rings (SSSR count). The van der Waals surface area contributed by atoms with Crippen molar-refractivity contribution in [2.24, 2.45) is 22.7 Å². The number of quaternary nitrogens is 1. The van der Waals surface area contributed by atoms with E-state index in [-0.39, 0.29) is 28.8 Å². The molecular weight excluding hydrogens is 330 g/mol. The van der Waals surface area contributed by atoms with Crippen LogP contribution in [0, 0.1) is 27.9 Å². The number of rotatable bonds is 4. The van der Waals surface area contributed by atoms with E-state index in [4.69, 9.17) is 0 Å². The second-order valence-corrected chi connectivity index (χ2v) is 9.03. The summed E-state index contributed by atoms with van der Waals surface area (Å²) in [5, 5.41) is 20.5. The highest BCUT2D eigenvalue weighted by atomic mass is 16.8. The molecule has 2 N–H and O–H groups in total.